The van der Waals surface area contributed by atoms with Gasteiger partial charge in [0.15, 0.2) is 18.1 Å². The Kier molecular flexibility index (Phi) is 9.05. The molecule has 1 aromatic heterocycles. The summed E-state index contributed by atoms with van der Waals surface area (Å²) in [4.78, 5) is 17.0. The van der Waals surface area contributed by atoms with E-state index < -0.39 is 0 Å². The van der Waals surface area contributed by atoms with Crippen LogP contribution < -0.4 is 19.5 Å². The Morgan fingerprint density at radius 1 is 0.944 bits per heavy atom. The van der Waals surface area contributed by atoms with Gasteiger partial charge >= 0.3 is 0 Å². The number of unbranched alkanes of at least 4 members (excludes halogenated alkanes) is 1. The number of ether oxygens (including phenoxy) is 3. The monoisotopic (exact) mass is 507 g/mol. The van der Waals surface area contributed by atoms with Gasteiger partial charge in [0.05, 0.1) is 24.8 Å². The molecule has 0 atom stereocenters. The maximum Gasteiger partial charge on any atom is 0.257 e. The third-order valence-electron chi connectivity index (χ3n) is 5.69. The number of aromatic nitrogens is 2. The van der Waals surface area contributed by atoms with E-state index in [0.717, 1.165) is 47.7 Å². The van der Waals surface area contributed by atoms with Gasteiger partial charge in [-0.1, -0.05) is 35.9 Å². The number of hydrogen-bond acceptors (Lipinski definition) is 5. The number of methoxy groups -OCH3 is 1. The lowest BCUT2D eigenvalue weighted by Gasteiger charge is -2.12. The fraction of sp³-hybridized carbons (Fsp3) is 0.286. The number of nitrogens with zero attached hydrogens (tertiary/aromatic N) is 2. The Morgan fingerprint density at radius 3 is 2.50 bits per heavy atom. The van der Waals surface area contributed by atoms with Gasteiger partial charge in [0, 0.05) is 24.5 Å². The van der Waals surface area contributed by atoms with E-state index in [1.165, 1.54) is 0 Å². The molecule has 1 N–H and O–H groups in total. The summed E-state index contributed by atoms with van der Waals surface area (Å²) in [5, 5.41) is 3.54. The van der Waals surface area contributed by atoms with Gasteiger partial charge in [-0.2, -0.15) is 0 Å². The first-order chi connectivity index (χ1) is 17.6. The molecule has 0 unspecified atom stereocenters. The molecule has 0 spiro atoms. The van der Waals surface area contributed by atoms with E-state index in [4.69, 9.17) is 30.8 Å². The minimum absolute atomic E-state index is 0.0513. The molecule has 0 saturated carbocycles. The second kappa shape index (κ2) is 12.8. The molecular weight excluding hydrogens is 478 g/mol. The average molecular weight is 508 g/mol. The molecule has 1 heterocycles. The molecular formula is C28H30ClN3O4. The summed E-state index contributed by atoms with van der Waals surface area (Å²) in [7, 11) is 1.64. The molecule has 36 heavy (non-hydrogen) atoms. The number of para-hydroxylation sites is 4. The Balaban J connectivity index is 1.27. The molecule has 0 aliphatic rings. The second-order valence-corrected chi connectivity index (χ2v) is 8.65. The van der Waals surface area contributed by atoms with E-state index >= 15 is 0 Å². The summed E-state index contributed by atoms with van der Waals surface area (Å²) in [6, 6.07) is 22.7. The van der Waals surface area contributed by atoms with Crippen molar-refractivity contribution in [2.45, 2.75) is 25.8 Å². The molecule has 0 fully saturated rings. The number of fused-ring (bicyclic) bond motifs is 1. The number of nitrogens with one attached hydrogen (secondary N) is 1. The highest BCUT2D eigenvalue weighted by Crippen LogP contribution is 2.26. The van der Waals surface area contributed by atoms with Gasteiger partial charge in [-0.05, 0) is 61.4 Å². The first-order valence-corrected chi connectivity index (χ1v) is 12.4. The van der Waals surface area contributed by atoms with Crippen molar-refractivity contribution in [1.82, 2.24) is 14.9 Å². The smallest absolute Gasteiger partial charge is 0.257 e. The van der Waals surface area contributed by atoms with Crippen LogP contribution in [-0.4, -0.2) is 42.3 Å². The van der Waals surface area contributed by atoms with Crippen molar-refractivity contribution in [3.05, 3.63) is 83.6 Å². The SMILES string of the molecule is COc1ccccc1OCCCCn1c(CCNC(=O)COc2ccc(Cl)cc2)nc2ccccc21. The summed E-state index contributed by atoms with van der Waals surface area (Å²) in [6.07, 6.45) is 2.45. The highest BCUT2D eigenvalue weighted by molar-refractivity contribution is 6.30. The molecule has 0 saturated heterocycles. The number of carbonyl (C=O) groups excluding carboxylic acids is 1. The summed E-state index contributed by atoms with van der Waals surface area (Å²) >= 11 is 5.87. The molecule has 4 rings (SSSR count). The standard InChI is InChI=1S/C28H30ClN3O4/c1-34-25-10-4-5-11-26(25)35-19-7-6-18-32-24-9-3-2-8-23(24)31-27(32)16-17-30-28(33)20-36-22-14-12-21(29)13-15-22/h2-5,8-15H,6-7,16-20H2,1H3,(H,30,33). The summed E-state index contributed by atoms with van der Waals surface area (Å²) in [5.74, 6) is 2.86. The van der Waals surface area contributed by atoms with Crippen molar-refractivity contribution < 1.29 is 19.0 Å². The number of halogens is 1. The molecule has 7 nitrogen and oxygen atoms in total. The largest absolute Gasteiger partial charge is 0.493 e. The fourth-order valence-corrected chi connectivity index (χ4v) is 4.03. The predicted molar refractivity (Wildman–Crippen MR) is 141 cm³/mol. The predicted octanol–water partition coefficient (Wildman–Crippen LogP) is 5.30. The van der Waals surface area contributed by atoms with Crippen LogP contribution in [-0.2, 0) is 17.8 Å². The topological polar surface area (TPSA) is 74.6 Å². The zero-order chi connectivity index (χ0) is 25.2. The highest BCUT2D eigenvalue weighted by atomic mass is 35.5. The van der Waals surface area contributed by atoms with Crippen LogP contribution in [0.5, 0.6) is 17.2 Å². The molecule has 4 aromatic rings. The zero-order valence-corrected chi connectivity index (χ0v) is 21.0. The van der Waals surface area contributed by atoms with Crippen LogP contribution in [0.2, 0.25) is 5.02 Å². The number of imidazole rings is 1. The maximum absolute atomic E-state index is 12.2. The van der Waals surface area contributed by atoms with Crippen molar-refractivity contribution in [2.75, 3.05) is 26.9 Å². The fourth-order valence-electron chi connectivity index (χ4n) is 3.90. The summed E-state index contributed by atoms with van der Waals surface area (Å²) in [6.45, 7) is 1.85. The molecule has 188 valence electrons. The van der Waals surface area contributed by atoms with Crippen molar-refractivity contribution in [1.29, 1.82) is 0 Å². The lowest BCUT2D eigenvalue weighted by molar-refractivity contribution is -0.123. The number of carbonyl (C=O) groups is 1. The number of amides is 1. The van der Waals surface area contributed by atoms with E-state index in [9.17, 15) is 4.79 Å². The Bertz CT molecular complexity index is 1270. The average Bonchev–Trinajstić information content (AvgIpc) is 3.25. The second-order valence-electron chi connectivity index (χ2n) is 8.22. The number of benzene rings is 3. The summed E-state index contributed by atoms with van der Waals surface area (Å²) < 4.78 is 19.0. The van der Waals surface area contributed by atoms with Crippen LogP contribution in [0.25, 0.3) is 11.0 Å². The van der Waals surface area contributed by atoms with Crippen LogP contribution in [0, 0.1) is 0 Å². The molecule has 8 heteroatoms. The van der Waals surface area contributed by atoms with Gasteiger partial charge < -0.3 is 24.1 Å². The minimum atomic E-state index is -0.180. The molecule has 0 aliphatic carbocycles. The lowest BCUT2D eigenvalue weighted by atomic mass is 10.2. The van der Waals surface area contributed by atoms with Gasteiger partial charge in [-0.3, -0.25) is 4.79 Å². The Labute approximate surface area is 216 Å². The molecule has 0 aliphatic heterocycles. The summed E-state index contributed by atoms with van der Waals surface area (Å²) in [5.41, 5.74) is 2.05. The van der Waals surface area contributed by atoms with E-state index in [-0.39, 0.29) is 12.5 Å². The van der Waals surface area contributed by atoms with Crippen LogP contribution in [0.4, 0.5) is 0 Å². The van der Waals surface area contributed by atoms with Gasteiger partial charge in [0.25, 0.3) is 5.91 Å². The molecule has 3 aromatic carbocycles. The zero-order valence-electron chi connectivity index (χ0n) is 20.3. The van der Waals surface area contributed by atoms with Crippen molar-refractivity contribution >= 4 is 28.5 Å². The Hall–Kier alpha value is -3.71. The quantitative estimate of drug-likeness (QED) is 0.249. The lowest BCUT2D eigenvalue weighted by Crippen LogP contribution is -2.31. The van der Waals surface area contributed by atoms with Crippen LogP contribution in [0.15, 0.2) is 72.8 Å². The molecule has 0 radical (unpaired) electrons. The molecule has 0 bridgehead atoms. The van der Waals surface area contributed by atoms with Crippen LogP contribution in [0.1, 0.15) is 18.7 Å². The van der Waals surface area contributed by atoms with Crippen molar-refractivity contribution in [3.63, 3.8) is 0 Å². The third-order valence-corrected chi connectivity index (χ3v) is 5.94. The minimum Gasteiger partial charge on any atom is -0.493 e. The van der Waals surface area contributed by atoms with E-state index in [1.807, 2.05) is 42.5 Å². The first-order valence-electron chi connectivity index (χ1n) is 12.0. The van der Waals surface area contributed by atoms with Gasteiger partial charge in [0.2, 0.25) is 0 Å². The number of aryl methyl sites for hydroxylation is 1. The Morgan fingerprint density at radius 2 is 1.69 bits per heavy atom. The van der Waals surface area contributed by atoms with Gasteiger partial charge in [0.1, 0.15) is 11.6 Å². The van der Waals surface area contributed by atoms with Gasteiger partial charge in [-0.15, -0.1) is 0 Å². The number of hydrogen-bond donors (Lipinski definition) is 1. The van der Waals surface area contributed by atoms with E-state index in [2.05, 4.69) is 16.0 Å². The third kappa shape index (κ3) is 6.92. The van der Waals surface area contributed by atoms with Crippen LogP contribution in [0.3, 0.4) is 0 Å². The van der Waals surface area contributed by atoms with E-state index in [0.29, 0.717) is 30.3 Å². The number of rotatable bonds is 13. The van der Waals surface area contributed by atoms with Crippen LogP contribution >= 0.6 is 11.6 Å². The molecule has 1 amide bonds. The normalized spacial score (nSPS) is 10.8. The van der Waals surface area contributed by atoms with Gasteiger partial charge in [-0.25, -0.2) is 4.98 Å². The highest BCUT2D eigenvalue weighted by Gasteiger charge is 2.11. The van der Waals surface area contributed by atoms with Crippen molar-refractivity contribution in [3.8, 4) is 17.2 Å². The van der Waals surface area contributed by atoms with Crippen molar-refractivity contribution in [2.24, 2.45) is 0 Å². The maximum atomic E-state index is 12.2. The van der Waals surface area contributed by atoms with E-state index in [1.54, 1.807) is 31.4 Å². The first kappa shape index (κ1) is 25.4.